The number of unbranched alkanes of at least 4 members (excludes halogenated alkanes) is 26. The molecule has 0 saturated carbocycles. The van der Waals surface area contributed by atoms with Gasteiger partial charge < -0.3 is 24.2 Å². The summed E-state index contributed by atoms with van der Waals surface area (Å²) in [4.78, 5) is 48.4. The highest BCUT2D eigenvalue weighted by atomic mass is 31.2. The van der Waals surface area contributed by atoms with Crippen LogP contribution in [0.5, 0.6) is 0 Å². The van der Waals surface area contributed by atoms with Gasteiger partial charge in [0.2, 0.25) is 0 Å². The maximum Gasteiger partial charge on any atom is 0.472 e. The molecule has 0 radical (unpaired) electrons. The van der Waals surface area contributed by atoms with Crippen LogP contribution in [0.1, 0.15) is 252 Å². The summed E-state index contributed by atoms with van der Waals surface area (Å²) in [5.41, 5.74) is 0. The van der Waals surface area contributed by atoms with Gasteiger partial charge in [-0.2, -0.15) is 0 Å². The molecule has 11 nitrogen and oxygen atoms in total. The molecule has 0 fully saturated rings. The Bertz CT molecular complexity index is 1330. The molecule has 0 aliphatic rings. The minimum atomic E-state index is -4.75. The van der Waals surface area contributed by atoms with Crippen molar-refractivity contribution >= 4 is 25.7 Å². The number of ether oxygens (including phenoxy) is 3. The first-order chi connectivity index (χ1) is 33.2. The third-order valence-corrected chi connectivity index (χ3v) is 12.7. The van der Waals surface area contributed by atoms with Crippen LogP contribution in [0, 0.1) is 0 Å². The van der Waals surface area contributed by atoms with E-state index in [1.165, 1.54) is 83.5 Å². The molecule has 0 rings (SSSR count). The van der Waals surface area contributed by atoms with Crippen LogP contribution < -0.4 is 0 Å². The fraction of sp³-hybridized carbons (Fsp3) is 0.804. The number of phosphoric ester groups is 1. The van der Waals surface area contributed by atoms with E-state index >= 15 is 0 Å². The Morgan fingerprint density at radius 1 is 0.426 bits per heavy atom. The third kappa shape index (κ3) is 48.5. The summed E-state index contributed by atoms with van der Waals surface area (Å²) in [7, 11) is -4.75. The zero-order valence-corrected chi connectivity index (χ0v) is 44.5. The van der Waals surface area contributed by atoms with Gasteiger partial charge in [0.1, 0.15) is 12.7 Å². The maximum atomic E-state index is 12.9. The molecule has 0 bridgehead atoms. The molecule has 0 aromatic heterocycles. The molecule has 0 aromatic rings. The van der Waals surface area contributed by atoms with E-state index in [0.29, 0.717) is 19.3 Å². The van der Waals surface area contributed by atoms with Crippen molar-refractivity contribution in [2.75, 3.05) is 26.4 Å². The van der Waals surface area contributed by atoms with Crippen molar-refractivity contribution in [1.29, 1.82) is 0 Å². The SMILES string of the molecule is CC/C=C\C/C=C\C/C=C\CCCCCCCC(=O)OC(COC(=O)CCCCCCCCCCCCCCCCC)COP(=O)(O)OCC(CO)OC(=O)CCCCCCC/C=C\CCCC. The number of hydrogen-bond donors (Lipinski definition) is 2. The molecule has 3 atom stereocenters. The number of carbonyl (C=O) groups excluding carboxylic acids is 3. The summed E-state index contributed by atoms with van der Waals surface area (Å²) in [6, 6.07) is 0. The van der Waals surface area contributed by atoms with E-state index in [0.717, 1.165) is 109 Å². The molecular weight excluding hydrogens is 880 g/mol. The number of esters is 3. The van der Waals surface area contributed by atoms with Crippen molar-refractivity contribution in [3.63, 3.8) is 0 Å². The van der Waals surface area contributed by atoms with Crippen LogP contribution in [0.2, 0.25) is 0 Å². The van der Waals surface area contributed by atoms with Crippen LogP contribution in [0.15, 0.2) is 48.6 Å². The quantitative estimate of drug-likeness (QED) is 0.0197. The number of allylic oxidation sites excluding steroid dienone is 8. The summed E-state index contributed by atoms with van der Waals surface area (Å²) in [5.74, 6) is -1.48. The largest absolute Gasteiger partial charge is 0.472 e. The molecule has 0 aliphatic heterocycles. The van der Waals surface area contributed by atoms with Crippen molar-refractivity contribution in [1.82, 2.24) is 0 Å². The van der Waals surface area contributed by atoms with E-state index in [-0.39, 0.29) is 25.9 Å². The number of aliphatic hydroxyl groups excluding tert-OH is 1. The molecule has 0 aromatic carbocycles. The van der Waals surface area contributed by atoms with Gasteiger partial charge in [0.05, 0.1) is 19.8 Å². The minimum absolute atomic E-state index is 0.150. The van der Waals surface area contributed by atoms with Crippen LogP contribution in [-0.2, 0) is 42.2 Å². The van der Waals surface area contributed by atoms with Gasteiger partial charge in [-0.15, -0.1) is 0 Å². The van der Waals surface area contributed by atoms with E-state index in [2.05, 4.69) is 69.4 Å². The summed E-state index contributed by atoms with van der Waals surface area (Å²) < 4.78 is 39.4. The lowest BCUT2D eigenvalue weighted by Crippen LogP contribution is -2.30. The van der Waals surface area contributed by atoms with E-state index in [1.54, 1.807) is 0 Å². The van der Waals surface area contributed by atoms with Crippen molar-refractivity contribution in [3.05, 3.63) is 48.6 Å². The van der Waals surface area contributed by atoms with Gasteiger partial charge in [0.15, 0.2) is 6.10 Å². The molecule has 12 heteroatoms. The average molecular weight is 981 g/mol. The molecular formula is C56H101O11P. The van der Waals surface area contributed by atoms with Gasteiger partial charge in [-0.25, -0.2) is 4.57 Å². The maximum absolute atomic E-state index is 12.9. The lowest BCUT2D eigenvalue weighted by atomic mass is 10.0. The van der Waals surface area contributed by atoms with E-state index in [4.69, 9.17) is 23.3 Å². The summed E-state index contributed by atoms with van der Waals surface area (Å²) in [6.07, 6.45) is 52.2. The van der Waals surface area contributed by atoms with Crippen LogP contribution in [-0.4, -0.2) is 66.5 Å². The summed E-state index contributed by atoms with van der Waals surface area (Å²) in [6.45, 7) is 4.48. The lowest BCUT2D eigenvalue weighted by Gasteiger charge is -2.21. The molecule has 0 amide bonds. The van der Waals surface area contributed by atoms with E-state index < -0.39 is 57.8 Å². The monoisotopic (exact) mass is 981 g/mol. The second-order valence-electron chi connectivity index (χ2n) is 18.4. The fourth-order valence-corrected chi connectivity index (χ4v) is 8.31. The smallest absolute Gasteiger partial charge is 0.462 e. The Hall–Kier alpha value is -2.56. The molecule has 0 heterocycles. The highest BCUT2D eigenvalue weighted by molar-refractivity contribution is 7.47. The molecule has 0 saturated heterocycles. The Morgan fingerprint density at radius 2 is 0.779 bits per heavy atom. The van der Waals surface area contributed by atoms with Crippen molar-refractivity contribution < 1.29 is 52.2 Å². The second-order valence-corrected chi connectivity index (χ2v) is 19.8. The average Bonchev–Trinajstić information content (AvgIpc) is 3.32. The normalized spacial score (nSPS) is 13.8. The Morgan fingerprint density at radius 3 is 1.24 bits per heavy atom. The number of aliphatic hydroxyl groups is 1. The lowest BCUT2D eigenvalue weighted by molar-refractivity contribution is -0.161. The van der Waals surface area contributed by atoms with Gasteiger partial charge in [-0.1, -0.05) is 211 Å². The van der Waals surface area contributed by atoms with Crippen LogP contribution in [0.4, 0.5) is 0 Å². The van der Waals surface area contributed by atoms with Gasteiger partial charge in [-0.05, 0) is 70.6 Å². The number of carbonyl (C=O) groups is 3. The molecule has 396 valence electrons. The fourth-order valence-electron chi connectivity index (χ4n) is 7.53. The van der Waals surface area contributed by atoms with Crippen molar-refractivity contribution in [2.24, 2.45) is 0 Å². The minimum Gasteiger partial charge on any atom is -0.462 e. The third-order valence-electron chi connectivity index (χ3n) is 11.7. The zero-order valence-electron chi connectivity index (χ0n) is 43.6. The van der Waals surface area contributed by atoms with E-state index in [9.17, 15) is 28.9 Å². The molecule has 68 heavy (non-hydrogen) atoms. The molecule has 0 aliphatic carbocycles. The second kappa shape index (κ2) is 50.8. The molecule has 0 spiro atoms. The predicted octanol–water partition coefficient (Wildman–Crippen LogP) is 15.8. The first kappa shape index (κ1) is 65.4. The Kier molecular flexibility index (Phi) is 48.9. The molecule has 3 unspecified atom stereocenters. The van der Waals surface area contributed by atoms with Crippen LogP contribution in [0.25, 0.3) is 0 Å². The van der Waals surface area contributed by atoms with E-state index in [1.807, 2.05) is 0 Å². The highest BCUT2D eigenvalue weighted by Crippen LogP contribution is 2.43. The Balaban J connectivity index is 4.75. The van der Waals surface area contributed by atoms with Gasteiger partial charge in [0, 0.05) is 19.3 Å². The molecule has 2 N–H and O–H groups in total. The summed E-state index contributed by atoms with van der Waals surface area (Å²) in [5, 5.41) is 9.77. The predicted molar refractivity (Wildman–Crippen MR) is 279 cm³/mol. The Labute approximate surface area is 415 Å². The van der Waals surface area contributed by atoms with Gasteiger partial charge in [-0.3, -0.25) is 23.4 Å². The highest BCUT2D eigenvalue weighted by Gasteiger charge is 2.28. The van der Waals surface area contributed by atoms with Gasteiger partial charge in [0.25, 0.3) is 0 Å². The van der Waals surface area contributed by atoms with Gasteiger partial charge >= 0.3 is 25.7 Å². The van der Waals surface area contributed by atoms with Crippen molar-refractivity contribution in [2.45, 2.75) is 264 Å². The topological polar surface area (TPSA) is 155 Å². The first-order valence-electron chi connectivity index (χ1n) is 27.5. The zero-order chi connectivity index (χ0) is 49.9. The summed E-state index contributed by atoms with van der Waals surface area (Å²) >= 11 is 0. The van der Waals surface area contributed by atoms with Crippen LogP contribution >= 0.6 is 7.82 Å². The first-order valence-corrected chi connectivity index (χ1v) is 29.0. The van der Waals surface area contributed by atoms with Crippen molar-refractivity contribution in [3.8, 4) is 0 Å². The standard InChI is InChI=1S/C56H101O11P/c1-4-7-10-13-16-19-22-24-26-28-31-33-36-39-42-45-54(58)63-49-53(67-56(60)47-44-41-38-35-32-29-27-25-23-20-17-14-11-8-5-2)51-65-68(61,62)64-50-52(48-57)66-55(59)46-43-40-37-34-30-21-18-15-12-9-6-3/h8,11,15,17-18,20,25,27,52-53,57H,4-7,9-10,12-14,16,19,21-24,26,28-51H2,1-3H3,(H,61,62)/b11-8-,18-15-,20-17-,27-25-. The number of hydrogen-bond acceptors (Lipinski definition) is 10. The number of phosphoric acid groups is 1. The van der Waals surface area contributed by atoms with Crippen LogP contribution in [0.3, 0.4) is 0 Å². The number of rotatable bonds is 51.